The summed E-state index contributed by atoms with van der Waals surface area (Å²) in [5.41, 5.74) is -0.568. The van der Waals surface area contributed by atoms with Gasteiger partial charge in [0.1, 0.15) is 0 Å². The highest BCUT2D eigenvalue weighted by atomic mass is 16.4. The van der Waals surface area contributed by atoms with Gasteiger partial charge in [-0.2, -0.15) is 0 Å². The molecule has 2 N–H and O–H groups in total. The molecule has 3 heteroatoms. The number of aliphatic carboxylic acids is 1. The fraction of sp³-hybridized carbons (Fsp3) is 0.933. The van der Waals surface area contributed by atoms with Crippen LogP contribution in [0.4, 0.5) is 0 Å². The zero-order chi connectivity index (χ0) is 13.6. The summed E-state index contributed by atoms with van der Waals surface area (Å²) in [5, 5.41) is 12.9. The smallest absolute Gasteiger partial charge is 0.310 e. The number of rotatable bonds is 7. The van der Waals surface area contributed by atoms with Crippen molar-refractivity contribution in [2.75, 3.05) is 6.54 Å². The Labute approximate surface area is 111 Å². The lowest BCUT2D eigenvalue weighted by molar-refractivity contribution is -0.149. The molecule has 0 aromatic heterocycles. The van der Waals surface area contributed by atoms with Gasteiger partial charge in [0.05, 0.1) is 5.41 Å². The molecule has 18 heavy (non-hydrogen) atoms. The quantitative estimate of drug-likeness (QED) is 0.732. The normalized spacial score (nSPS) is 25.1. The van der Waals surface area contributed by atoms with Crippen LogP contribution in [0.25, 0.3) is 0 Å². The molecule has 3 nitrogen and oxygen atoms in total. The zero-order valence-electron chi connectivity index (χ0n) is 12.2. The number of hydrogen-bond acceptors (Lipinski definition) is 2. The molecular weight excluding hydrogens is 226 g/mol. The highest BCUT2D eigenvalue weighted by molar-refractivity contribution is 5.74. The van der Waals surface area contributed by atoms with Crippen LogP contribution >= 0.6 is 0 Å². The fourth-order valence-electron chi connectivity index (χ4n) is 2.99. The van der Waals surface area contributed by atoms with E-state index < -0.39 is 11.4 Å². The summed E-state index contributed by atoms with van der Waals surface area (Å²) in [5.74, 6) is 0.242. The van der Waals surface area contributed by atoms with Crippen molar-refractivity contribution in [2.45, 2.75) is 71.8 Å². The Morgan fingerprint density at radius 3 is 2.11 bits per heavy atom. The Balaban J connectivity index is 2.42. The van der Waals surface area contributed by atoms with E-state index in [9.17, 15) is 9.90 Å². The molecule has 0 amide bonds. The summed E-state index contributed by atoms with van der Waals surface area (Å²) < 4.78 is 0. The SMILES string of the molecule is CCC1CCC(NCC(CC)(CC)C(=O)O)CC1. The van der Waals surface area contributed by atoms with E-state index >= 15 is 0 Å². The van der Waals surface area contributed by atoms with E-state index in [2.05, 4.69) is 12.2 Å². The molecule has 0 saturated heterocycles. The average molecular weight is 255 g/mol. The lowest BCUT2D eigenvalue weighted by Crippen LogP contribution is -2.45. The summed E-state index contributed by atoms with van der Waals surface area (Å²) in [6.07, 6.45) is 7.71. The van der Waals surface area contributed by atoms with E-state index in [1.54, 1.807) is 0 Å². The minimum Gasteiger partial charge on any atom is -0.481 e. The van der Waals surface area contributed by atoms with Crippen molar-refractivity contribution in [3.8, 4) is 0 Å². The minimum atomic E-state index is -0.651. The van der Waals surface area contributed by atoms with E-state index in [4.69, 9.17) is 0 Å². The van der Waals surface area contributed by atoms with E-state index in [0.29, 0.717) is 25.4 Å². The largest absolute Gasteiger partial charge is 0.481 e. The van der Waals surface area contributed by atoms with Crippen LogP contribution in [-0.4, -0.2) is 23.7 Å². The van der Waals surface area contributed by atoms with Gasteiger partial charge >= 0.3 is 5.97 Å². The first-order valence-electron chi connectivity index (χ1n) is 7.54. The standard InChI is InChI=1S/C15H29NO2/c1-4-12-7-9-13(10-8-12)16-11-15(5-2,6-3)14(17)18/h12-13,16H,4-11H2,1-3H3,(H,17,18). The predicted molar refractivity (Wildman–Crippen MR) is 74.7 cm³/mol. The Morgan fingerprint density at radius 1 is 1.17 bits per heavy atom. The van der Waals surface area contributed by atoms with Crippen molar-refractivity contribution in [3.63, 3.8) is 0 Å². The first kappa shape index (κ1) is 15.5. The molecule has 1 rings (SSSR count). The highest BCUT2D eigenvalue weighted by Gasteiger charge is 2.35. The molecule has 0 spiro atoms. The monoisotopic (exact) mass is 255 g/mol. The number of hydrogen-bond donors (Lipinski definition) is 2. The molecule has 106 valence electrons. The summed E-state index contributed by atoms with van der Waals surface area (Å²) in [6, 6.07) is 0.532. The number of carbonyl (C=O) groups is 1. The van der Waals surface area contributed by atoms with Crippen molar-refractivity contribution < 1.29 is 9.90 Å². The van der Waals surface area contributed by atoms with Gasteiger partial charge in [-0.15, -0.1) is 0 Å². The molecule has 1 fully saturated rings. The van der Waals surface area contributed by atoms with Gasteiger partial charge in [-0.05, 0) is 44.4 Å². The molecular formula is C15H29NO2. The molecule has 1 saturated carbocycles. The van der Waals surface area contributed by atoms with Crippen molar-refractivity contribution in [1.29, 1.82) is 0 Å². The summed E-state index contributed by atoms with van der Waals surface area (Å²) in [6.45, 7) is 6.85. The summed E-state index contributed by atoms with van der Waals surface area (Å²) in [4.78, 5) is 11.4. The highest BCUT2D eigenvalue weighted by Crippen LogP contribution is 2.29. The predicted octanol–water partition coefficient (Wildman–Crippen LogP) is 3.44. The van der Waals surface area contributed by atoms with Gasteiger partial charge in [0.15, 0.2) is 0 Å². The lowest BCUT2D eigenvalue weighted by atomic mass is 9.80. The molecule has 0 aliphatic heterocycles. The molecule has 0 aromatic rings. The van der Waals surface area contributed by atoms with Crippen LogP contribution in [-0.2, 0) is 4.79 Å². The van der Waals surface area contributed by atoms with Crippen LogP contribution in [0.2, 0.25) is 0 Å². The Bertz CT molecular complexity index is 253. The van der Waals surface area contributed by atoms with Crippen LogP contribution < -0.4 is 5.32 Å². The summed E-state index contributed by atoms with van der Waals surface area (Å²) in [7, 11) is 0. The van der Waals surface area contributed by atoms with Gasteiger partial charge in [-0.25, -0.2) is 0 Å². The third kappa shape index (κ3) is 3.71. The summed E-state index contributed by atoms with van der Waals surface area (Å²) >= 11 is 0. The molecule has 1 aliphatic rings. The fourth-order valence-corrected chi connectivity index (χ4v) is 2.99. The maximum atomic E-state index is 11.4. The maximum Gasteiger partial charge on any atom is 0.310 e. The van der Waals surface area contributed by atoms with Crippen LogP contribution in [0, 0.1) is 11.3 Å². The molecule has 0 unspecified atom stereocenters. The van der Waals surface area contributed by atoms with Crippen molar-refractivity contribution >= 4 is 5.97 Å². The van der Waals surface area contributed by atoms with E-state index in [1.165, 1.54) is 32.1 Å². The average Bonchev–Trinajstić information content (AvgIpc) is 2.41. The molecule has 1 aliphatic carbocycles. The third-order valence-electron chi connectivity index (χ3n) is 4.96. The minimum absolute atomic E-state index is 0.532. The number of carboxylic acids is 1. The maximum absolute atomic E-state index is 11.4. The van der Waals surface area contributed by atoms with Gasteiger partial charge < -0.3 is 10.4 Å². The van der Waals surface area contributed by atoms with Crippen LogP contribution in [0.1, 0.15) is 65.7 Å². The van der Waals surface area contributed by atoms with Gasteiger partial charge in [-0.3, -0.25) is 4.79 Å². The Kier molecular flexibility index (Phi) is 6.13. The Hall–Kier alpha value is -0.570. The number of nitrogens with one attached hydrogen (secondary N) is 1. The topological polar surface area (TPSA) is 49.3 Å². The molecule has 0 atom stereocenters. The van der Waals surface area contributed by atoms with Crippen molar-refractivity contribution in [2.24, 2.45) is 11.3 Å². The second-order valence-corrected chi connectivity index (χ2v) is 5.80. The molecule has 0 radical (unpaired) electrons. The first-order chi connectivity index (χ1) is 8.57. The van der Waals surface area contributed by atoms with E-state index in [-0.39, 0.29) is 0 Å². The zero-order valence-corrected chi connectivity index (χ0v) is 12.2. The van der Waals surface area contributed by atoms with Gasteiger partial charge in [0.25, 0.3) is 0 Å². The Morgan fingerprint density at radius 2 is 1.72 bits per heavy atom. The van der Waals surface area contributed by atoms with E-state index in [0.717, 1.165) is 5.92 Å². The lowest BCUT2D eigenvalue weighted by Gasteiger charge is -2.33. The molecule has 0 bridgehead atoms. The van der Waals surface area contributed by atoms with Gasteiger partial charge in [0, 0.05) is 12.6 Å². The van der Waals surface area contributed by atoms with Crippen molar-refractivity contribution in [1.82, 2.24) is 5.32 Å². The van der Waals surface area contributed by atoms with Gasteiger partial charge in [-0.1, -0.05) is 27.2 Å². The van der Waals surface area contributed by atoms with Crippen molar-refractivity contribution in [3.05, 3.63) is 0 Å². The van der Waals surface area contributed by atoms with E-state index in [1.807, 2.05) is 13.8 Å². The van der Waals surface area contributed by atoms with Crippen LogP contribution in [0.15, 0.2) is 0 Å². The van der Waals surface area contributed by atoms with Crippen LogP contribution in [0.3, 0.4) is 0 Å². The first-order valence-corrected chi connectivity index (χ1v) is 7.54. The second kappa shape index (κ2) is 7.13. The van der Waals surface area contributed by atoms with Crippen LogP contribution in [0.5, 0.6) is 0 Å². The second-order valence-electron chi connectivity index (χ2n) is 5.80. The molecule has 0 aromatic carbocycles. The number of carboxylic acid groups (broad SMARTS) is 1. The van der Waals surface area contributed by atoms with Gasteiger partial charge in [0.2, 0.25) is 0 Å². The third-order valence-corrected chi connectivity index (χ3v) is 4.96. The molecule has 0 heterocycles.